The van der Waals surface area contributed by atoms with Crippen LogP contribution in [0.25, 0.3) is 0 Å². The Morgan fingerprint density at radius 2 is 1.53 bits per heavy atom. The average molecular weight is 326 g/mol. The third kappa shape index (κ3) is 5.10. The number of sulfonamides is 1. The van der Waals surface area contributed by atoms with Crippen LogP contribution in [0.3, 0.4) is 0 Å². The van der Waals surface area contributed by atoms with Crippen molar-refractivity contribution in [3.63, 3.8) is 0 Å². The quantitative estimate of drug-likeness (QED) is 0.810. The molecule has 0 atom stereocenters. The largest absolute Gasteiger partial charge is 0.261 e. The Labute approximate surface area is 118 Å². The molecule has 0 saturated heterocycles. The minimum absolute atomic E-state index is 0.0142. The molecular weight excluding hydrogens is 310 g/mol. The molecule has 0 amide bonds. The van der Waals surface area contributed by atoms with E-state index in [0.717, 1.165) is 6.42 Å². The molecule has 0 spiro atoms. The Balaban J connectivity index is 2.85. The maximum Gasteiger partial charge on any atom is 0.261 e. The minimum atomic E-state index is -3.84. The number of benzene rings is 1. The third-order valence-electron chi connectivity index (χ3n) is 2.43. The van der Waals surface area contributed by atoms with Gasteiger partial charge in [0, 0.05) is 17.2 Å². The summed E-state index contributed by atoms with van der Waals surface area (Å²) >= 11 is 0. The second-order valence-electron chi connectivity index (χ2n) is 4.49. The zero-order valence-electron chi connectivity index (χ0n) is 10.6. The normalized spacial score (nSPS) is 12.8. The van der Waals surface area contributed by atoms with Crippen molar-refractivity contribution in [1.29, 1.82) is 0 Å². The summed E-state index contributed by atoms with van der Waals surface area (Å²) in [7, 11) is -2.29. The molecule has 0 saturated carbocycles. The van der Waals surface area contributed by atoms with Gasteiger partial charge in [0.05, 0.1) is 9.79 Å². The highest BCUT2D eigenvalue weighted by molar-refractivity contribution is 8.13. The molecule has 1 N–H and O–H groups in total. The van der Waals surface area contributed by atoms with Crippen LogP contribution in [0.15, 0.2) is 34.1 Å². The fourth-order valence-corrected chi connectivity index (χ4v) is 3.16. The summed E-state index contributed by atoms with van der Waals surface area (Å²) in [6.07, 6.45) is 0.730. The summed E-state index contributed by atoms with van der Waals surface area (Å²) in [5.41, 5.74) is 0. The van der Waals surface area contributed by atoms with Gasteiger partial charge in [-0.25, -0.2) is 21.6 Å². The molecule has 0 heterocycles. The van der Waals surface area contributed by atoms with Crippen molar-refractivity contribution >= 4 is 29.8 Å². The topological polar surface area (TPSA) is 80.3 Å². The molecular formula is C11H16ClNO4S2. The average Bonchev–Trinajstić information content (AvgIpc) is 2.27. The van der Waals surface area contributed by atoms with Crippen molar-refractivity contribution < 1.29 is 16.8 Å². The number of rotatable bonds is 6. The van der Waals surface area contributed by atoms with Gasteiger partial charge in [0.25, 0.3) is 9.05 Å². The van der Waals surface area contributed by atoms with Gasteiger partial charge in [-0.05, 0) is 36.6 Å². The molecule has 0 aliphatic carbocycles. The van der Waals surface area contributed by atoms with Crippen molar-refractivity contribution in [2.75, 3.05) is 6.54 Å². The lowest BCUT2D eigenvalue weighted by molar-refractivity contribution is 0.551. The van der Waals surface area contributed by atoms with E-state index in [-0.39, 0.29) is 9.79 Å². The van der Waals surface area contributed by atoms with E-state index in [4.69, 9.17) is 10.7 Å². The number of hydrogen-bond donors (Lipinski definition) is 1. The molecule has 5 nitrogen and oxygen atoms in total. The molecule has 1 rings (SSSR count). The van der Waals surface area contributed by atoms with Gasteiger partial charge in [0.15, 0.2) is 0 Å². The smallest absolute Gasteiger partial charge is 0.211 e. The molecule has 0 radical (unpaired) electrons. The molecule has 1 aromatic carbocycles. The van der Waals surface area contributed by atoms with Crippen LogP contribution >= 0.6 is 10.7 Å². The van der Waals surface area contributed by atoms with Crippen LogP contribution in [0.4, 0.5) is 0 Å². The lowest BCUT2D eigenvalue weighted by atomic mass is 10.1. The van der Waals surface area contributed by atoms with Gasteiger partial charge in [-0.3, -0.25) is 0 Å². The predicted molar refractivity (Wildman–Crippen MR) is 74.1 cm³/mol. The van der Waals surface area contributed by atoms with Gasteiger partial charge in [0.1, 0.15) is 0 Å². The Morgan fingerprint density at radius 3 is 1.95 bits per heavy atom. The van der Waals surface area contributed by atoms with Crippen LogP contribution in [-0.2, 0) is 19.1 Å². The molecule has 108 valence electrons. The van der Waals surface area contributed by atoms with E-state index in [1.807, 2.05) is 13.8 Å². The SMILES string of the molecule is CC(C)CCNS(=O)(=O)c1ccc(S(=O)(=O)Cl)cc1. The number of hydrogen-bond acceptors (Lipinski definition) is 4. The van der Waals surface area contributed by atoms with E-state index in [2.05, 4.69) is 4.72 Å². The van der Waals surface area contributed by atoms with Gasteiger partial charge in [0.2, 0.25) is 10.0 Å². The molecule has 1 aromatic rings. The minimum Gasteiger partial charge on any atom is -0.211 e. The van der Waals surface area contributed by atoms with Gasteiger partial charge >= 0.3 is 0 Å². The molecule has 0 fully saturated rings. The first kappa shape index (κ1) is 16.4. The van der Waals surface area contributed by atoms with E-state index in [1.165, 1.54) is 24.3 Å². The summed E-state index contributed by atoms with van der Waals surface area (Å²) in [5.74, 6) is 0.395. The Morgan fingerprint density at radius 1 is 1.05 bits per heavy atom. The monoisotopic (exact) mass is 325 g/mol. The van der Waals surface area contributed by atoms with Gasteiger partial charge in [-0.1, -0.05) is 13.8 Å². The first-order valence-electron chi connectivity index (χ1n) is 5.67. The van der Waals surface area contributed by atoms with E-state index >= 15 is 0 Å². The molecule has 0 aliphatic heterocycles. The van der Waals surface area contributed by atoms with Crippen molar-refractivity contribution in [2.45, 2.75) is 30.1 Å². The number of halogens is 1. The van der Waals surface area contributed by atoms with Crippen LogP contribution in [0.2, 0.25) is 0 Å². The second-order valence-corrected chi connectivity index (χ2v) is 8.82. The van der Waals surface area contributed by atoms with Gasteiger partial charge < -0.3 is 0 Å². The lowest BCUT2D eigenvalue weighted by Gasteiger charge is -2.08. The molecule has 0 unspecified atom stereocenters. The zero-order chi connectivity index (χ0) is 14.7. The van der Waals surface area contributed by atoms with Crippen LogP contribution in [0.5, 0.6) is 0 Å². The summed E-state index contributed by atoms with van der Waals surface area (Å²) in [6, 6.07) is 4.76. The second kappa shape index (κ2) is 6.21. The fourth-order valence-electron chi connectivity index (χ4n) is 1.35. The van der Waals surface area contributed by atoms with Crippen LogP contribution in [0, 0.1) is 5.92 Å². The Kier molecular flexibility index (Phi) is 5.37. The van der Waals surface area contributed by atoms with E-state index in [9.17, 15) is 16.8 Å². The van der Waals surface area contributed by atoms with Gasteiger partial charge in [-0.15, -0.1) is 0 Å². The van der Waals surface area contributed by atoms with Crippen LogP contribution < -0.4 is 4.72 Å². The van der Waals surface area contributed by atoms with E-state index in [0.29, 0.717) is 12.5 Å². The predicted octanol–water partition coefficient (Wildman–Crippen LogP) is 1.94. The van der Waals surface area contributed by atoms with Crippen molar-refractivity contribution in [3.8, 4) is 0 Å². The molecule has 0 aliphatic rings. The zero-order valence-corrected chi connectivity index (χ0v) is 13.0. The van der Waals surface area contributed by atoms with Crippen LogP contribution in [-0.4, -0.2) is 23.4 Å². The molecule has 19 heavy (non-hydrogen) atoms. The Hall–Kier alpha value is -0.630. The maximum atomic E-state index is 11.9. The van der Waals surface area contributed by atoms with Crippen molar-refractivity contribution in [1.82, 2.24) is 4.72 Å². The van der Waals surface area contributed by atoms with E-state index < -0.39 is 19.1 Å². The first-order chi connectivity index (χ1) is 8.63. The molecule has 8 heteroatoms. The first-order valence-corrected chi connectivity index (χ1v) is 9.46. The Bertz CT molecular complexity index is 621. The standard InChI is InChI=1S/C11H16ClNO4S2/c1-9(2)7-8-13-19(16,17)11-5-3-10(4-6-11)18(12,14)15/h3-6,9,13H,7-8H2,1-2H3. The highest BCUT2D eigenvalue weighted by Gasteiger charge is 2.16. The lowest BCUT2D eigenvalue weighted by Crippen LogP contribution is -2.25. The highest BCUT2D eigenvalue weighted by atomic mass is 35.7. The summed E-state index contributed by atoms with van der Waals surface area (Å²) in [6.45, 7) is 4.33. The third-order valence-corrected chi connectivity index (χ3v) is 5.28. The maximum absolute atomic E-state index is 11.9. The van der Waals surface area contributed by atoms with Gasteiger partial charge in [-0.2, -0.15) is 0 Å². The number of nitrogens with one attached hydrogen (secondary N) is 1. The summed E-state index contributed by atoms with van der Waals surface area (Å²) in [5, 5.41) is 0. The molecule has 0 aromatic heterocycles. The fraction of sp³-hybridized carbons (Fsp3) is 0.455. The molecule has 0 bridgehead atoms. The van der Waals surface area contributed by atoms with Crippen LogP contribution in [0.1, 0.15) is 20.3 Å². The summed E-state index contributed by atoms with van der Waals surface area (Å²) in [4.78, 5) is -0.115. The summed E-state index contributed by atoms with van der Waals surface area (Å²) < 4.78 is 48.3. The van der Waals surface area contributed by atoms with Crippen molar-refractivity contribution in [3.05, 3.63) is 24.3 Å². The van der Waals surface area contributed by atoms with Crippen molar-refractivity contribution in [2.24, 2.45) is 5.92 Å². The van der Waals surface area contributed by atoms with E-state index in [1.54, 1.807) is 0 Å². The highest BCUT2D eigenvalue weighted by Crippen LogP contribution is 2.17.